The summed E-state index contributed by atoms with van der Waals surface area (Å²) in [4.78, 5) is 2.27. The molecule has 1 aliphatic heterocycles. The predicted octanol–water partition coefficient (Wildman–Crippen LogP) is 1.60. The SMILES string of the molecule is CN(C)C(C)(C)CNC1CCC2(CC1)OCCO2. The molecule has 0 radical (unpaired) electrons. The Bertz CT molecular complexity index is 263. The molecular formula is C14H28N2O2. The Morgan fingerprint density at radius 3 is 2.22 bits per heavy atom. The number of nitrogens with one attached hydrogen (secondary N) is 1. The first-order chi connectivity index (χ1) is 8.44. The molecule has 4 nitrogen and oxygen atoms in total. The number of ether oxygens (including phenoxy) is 2. The number of hydrogen-bond acceptors (Lipinski definition) is 4. The van der Waals surface area contributed by atoms with E-state index in [1.54, 1.807) is 0 Å². The van der Waals surface area contributed by atoms with E-state index in [0.717, 1.165) is 45.4 Å². The molecule has 1 spiro atoms. The van der Waals surface area contributed by atoms with Gasteiger partial charge in [-0.05, 0) is 40.8 Å². The number of rotatable bonds is 4. The highest BCUT2D eigenvalue weighted by Crippen LogP contribution is 2.35. The first-order valence-corrected chi connectivity index (χ1v) is 7.12. The normalized spacial score (nSPS) is 25.2. The molecule has 0 aromatic rings. The summed E-state index contributed by atoms with van der Waals surface area (Å²) < 4.78 is 11.5. The lowest BCUT2D eigenvalue weighted by molar-refractivity contribution is -0.179. The first-order valence-electron chi connectivity index (χ1n) is 7.12. The van der Waals surface area contributed by atoms with Gasteiger partial charge in [0.1, 0.15) is 0 Å². The van der Waals surface area contributed by atoms with E-state index < -0.39 is 0 Å². The van der Waals surface area contributed by atoms with E-state index in [1.165, 1.54) is 0 Å². The highest BCUT2D eigenvalue weighted by Gasteiger charge is 2.40. The molecule has 1 heterocycles. The molecule has 18 heavy (non-hydrogen) atoms. The highest BCUT2D eigenvalue weighted by atomic mass is 16.7. The van der Waals surface area contributed by atoms with E-state index >= 15 is 0 Å². The Hall–Kier alpha value is -0.160. The van der Waals surface area contributed by atoms with Gasteiger partial charge in [-0.2, -0.15) is 0 Å². The molecule has 0 unspecified atom stereocenters. The van der Waals surface area contributed by atoms with E-state index in [2.05, 4.69) is 38.2 Å². The first kappa shape index (κ1) is 14.3. The van der Waals surface area contributed by atoms with Gasteiger partial charge in [-0.1, -0.05) is 0 Å². The van der Waals surface area contributed by atoms with Crippen LogP contribution in [-0.2, 0) is 9.47 Å². The lowest BCUT2D eigenvalue weighted by atomic mass is 9.89. The van der Waals surface area contributed by atoms with Crippen LogP contribution in [0.15, 0.2) is 0 Å². The van der Waals surface area contributed by atoms with Gasteiger partial charge in [0.15, 0.2) is 5.79 Å². The van der Waals surface area contributed by atoms with Crippen molar-refractivity contribution >= 4 is 0 Å². The summed E-state index contributed by atoms with van der Waals surface area (Å²) in [6.07, 6.45) is 4.38. The molecule has 0 aromatic carbocycles. The van der Waals surface area contributed by atoms with E-state index in [9.17, 15) is 0 Å². The number of nitrogens with zero attached hydrogens (tertiary/aromatic N) is 1. The summed E-state index contributed by atoms with van der Waals surface area (Å²) in [5.41, 5.74) is 0.204. The summed E-state index contributed by atoms with van der Waals surface area (Å²) in [5.74, 6) is -0.227. The molecule has 0 atom stereocenters. The van der Waals surface area contributed by atoms with Crippen LogP contribution in [0.3, 0.4) is 0 Å². The third-order valence-corrected chi connectivity index (χ3v) is 4.59. The molecule has 1 N–H and O–H groups in total. The quantitative estimate of drug-likeness (QED) is 0.828. The fraction of sp³-hybridized carbons (Fsp3) is 1.00. The number of likely N-dealkylation sites (N-methyl/N-ethyl adjacent to an activating group) is 1. The van der Waals surface area contributed by atoms with Crippen LogP contribution in [0, 0.1) is 0 Å². The van der Waals surface area contributed by atoms with Crippen molar-refractivity contribution in [1.82, 2.24) is 10.2 Å². The molecule has 1 saturated heterocycles. The molecule has 0 bridgehead atoms. The minimum Gasteiger partial charge on any atom is -0.348 e. The molecule has 0 aromatic heterocycles. The van der Waals surface area contributed by atoms with Gasteiger partial charge >= 0.3 is 0 Å². The van der Waals surface area contributed by atoms with Crippen LogP contribution in [-0.4, -0.2) is 56.1 Å². The van der Waals surface area contributed by atoms with Crippen LogP contribution in [0.1, 0.15) is 39.5 Å². The van der Waals surface area contributed by atoms with Crippen molar-refractivity contribution in [3.05, 3.63) is 0 Å². The Balaban J connectivity index is 1.74. The van der Waals surface area contributed by atoms with Crippen molar-refractivity contribution in [3.63, 3.8) is 0 Å². The van der Waals surface area contributed by atoms with E-state index in [0.29, 0.717) is 6.04 Å². The highest BCUT2D eigenvalue weighted by molar-refractivity contribution is 4.88. The van der Waals surface area contributed by atoms with Crippen molar-refractivity contribution in [2.75, 3.05) is 33.9 Å². The zero-order valence-electron chi connectivity index (χ0n) is 12.3. The van der Waals surface area contributed by atoms with Crippen LogP contribution in [0.4, 0.5) is 0 Å². The maximum absolute atomic E-state index is 5.76. The molecule has 2 rings (SSSR count). The van der Waals surface area contributed by atoms with Gasteiger partial charge in [-0.3, -0.25) is 0 Å². The maximum atomic E-state index is 5.76. The maximum Gasteiger partial charge on any atom is 0.168 e. The Kier molecular flexibility index (Phi) is 4.32. The zero-order chi connectivity index (χ0) is 13.2. The Labute approximate surface area is 111 Å². The Morgan fingerprint density at radius 2 is 1.72 bits per heavy atom. The largest absolute Gasteiger partial charge is 0.348 e. The van der Waals surface area contributed by atoms with E-state index in [4.69, 9.17) is 9.47 Å². The lowest BCUT2D eigenvalue weighted by Crippen LogP contribution is -2.51. The van der Waals surface area contributed by atoms with Crippen LogP contribution >= 0.6 is 0 Å². The third kappa shape index (κ3) is 3.23. The predicted molar refractivity (Wildman–Crippen MR) is 72.7 cm³/mol. The van der Waals surface area contributed by atoms with Gasteiger partial charge < -0.3 is 19.7 Å². The molecule has 106 valence electrons. The molecule has 2 fully saturated rings. The fourth-order valence-electron chi connectivity index (χ4n) is 2.60. The molecule has 0 amide bonds. The van der Waals surface area contributed by atoms with Crippen molar-refractivity contribution in [3.8, 4) is 0 Å². The molecule has 1 saturated carbocycles. The second-order valence-electron chi connectivity index (χ2n) is 6.47. The number of hydrogen-bond donors (Lipinski definition) is 1. The van der Waals surface area contributed by atoms with Crippen LogP contribution in [0.2, 0.25) is 0 Å². The zero-order valence-corrected chi connectivity index (χ0v) is 12.3. The van der Waals surface area contributed by atoms with Gasteiger partial charge in [0.2, 0.25) is 0 Å². The smallest absolute Gasteiger partial charge is 0.168 e. The average Bonchev–Trinajstić information content (AvgIpc) is 2.77. The summed E-state index contributed by atoms with van der Waals surface area (Å²) >= 11 is 0. The second kappa shape index (κ2) is 5.45. The third-order valence-electron chi connectivity index (χ3n) is 4.59. The van der Waals surface area contributed by atoms with Gasteiger partial charge in [0, 0.05) is 31.0 Å². The fourth-order valence-corrected chi connectivity index (χ4v) is 2.60. The summed E-state index contributed by atoms with van der Waals surface area (Å²) in [5, 5.41) is 3.70. The van der Waals surface area contributed by atoms with Gasteiger partial charge in [0.25, 0.3) is 0 Å². The average molecular weight is 256 g/mol. The van der Waals surface area contributed by atoms with Crippen LogP contribution in [0.5, 0.6) is 0 Å². The minimum atomic E-state index is -0.227. The molecule has 1 aliphatic carbocycles. The van der Waals surface area contributed by atoms with Gasteiger partial charge in [-0.25, -0.2) is 0 Å². The Morgan fingerprint density at radius 1 is 1.17 bits per heavy atom. The molecule has 2 aliphatic rings. The standard InChI is InChI=1S/C14H28N2O2/c1-13(2,16(3)4)11-15-12-5-7-14(8-6-12)17-9-10-18-14/h12,15H,5-11H2,1-4H3. The van der Waals surface area contributed by atoms with Crippen molar-refractivity contribution in [1.29, 1.82) is 0 Å². The van der Waals surface area contributed by atoms with E-state index in [1.807, 2.05) is 0 Å². The lowest BCUT2D eigenvalue weighted by Gasteiger charge is -2.38. The van der Waals surface area contributed by atoms with Crippen molar-refractivity contribution < 1.29 is 9.47 Å². The summed E-state index contributed by atoms with van der Waals surface area (Å²) in [6.45, 7) is 7.11. The summed E-state index contributed by atoms with van der Waals surface area (Å²) in [7, 11) is 4.27. The minimum absolute atomic E-state index is 0.204. The van der Waals surface area contributed by atoms with Gasteiger partial charge in [0.05, 0.1) is 13.2 Å². The van der Waals surface area contributed by atoms with Gasteiger partial charge in [-0.15, -0.1) is 0 Å². The van der Waals surface area contributed by atoms with Crippen LogP contribution in [0.25, 0.3) is 0 Å². The summed E-state index contributed by atoms with van der Waals surface area (Å²) in [6, 6.07) is 0.614. The van der Waals surface area contributed by atoms with Crippen molar-refractivity contribution in [2.45, 2.75) is 56.9 Å². The second-order valence-corrected chi connectivity index (χ2v) is 6.47. The monoisotopic (exact) mass is 256 g/mol. The van der Waals surface area contributed by atoms with Crippen molar-refractivity contribution in [2.24, 2.45) is 0 Å². The van der Waals surface area contributed by atoms with Crippen LogP contribution < -0.4 is 5.32 Å². The molecular weight excluding hydrogens is 228 g/mol. The topological polar surface area (TPSA) is 33.7 Å². The van der Waals surface area contributed by atoms with E-state index in [-0.39, 0.29) is 11.3 Å². The molecule has 4 heteroatoms.